The smallest absolute Gasteiger partial charge is 0.175 e. The maximum Gasteiger partial charge on any atom is 0.175 e. The third-order valence-corrected chi connectivity index (χ3v) is 4.23. The van der Waals surface area contributed by atoms with Gasteiger partial charge in [0.25, 0.3) is 0 Å². The maximum atomic E-state index is 11.9. The number of sulfone groups is 1. The van der Waals surface area contributed by atoms with E-state index in [0.717, 1.165) is 5.41 Å². The van der Waals surface area contributed by atoms with Gasteiger partial charge < -0.3 is 4.42 Å². The van der Waals surface area contributed by atoms with Crippen LogP contribution < -0.4 is 0 Å². The van der Waals surface area contributed by atoms with Gasteiger partial charge in [-0.3, -0.25) is 0 Å². The van der Waals surface area contributed by atoms with Crippen molar-refractivity contribution in [1.82, 2.24) is 0 Å². The summed E-state index contributed by atoms with van der Waals surface area (Å²) in [5.74, 6) is -0.169. The van der Waals surface area contributed by atoms with Gasteiger partial charge in [0.15, 0.2) is 9.84 Å². The van der Waals surface area contributed by atoms with Crippen LogP contribution in [0.25, 0.3) is 6.08 Å². The van der Waals surface area contributed by atoms with Crippen LogP contribution in [0.4, 0.5) is 0 Å². The Hall–Kier alpha value is -1.23. The monoisotopic (exact) mass is 316 g/mol. The number of rotatable bonds is 4. The van der Waals surface area contributed by atoms with Gasteiger partial charge in [0.2, 0.25) is 0 Å². The van der Waals surface area contributed by atoms with Crippen molar-refractivity contribution in [2.75, 3.05) is 0 Å². The average Bonchev–Trinajstić information content (AvgIpc) is 2.83. The second-order valence-electron chi connectivity index (χ2n) is 3.90. The predicted octanol–water partition coefficient (Wildman–Crippen LogP) is 4.17. The lowest BCUT2D eigenvalue weighted by Crippen LogP contribution is -2.00. The fourth-order valence-electron chi connectivity index (χ4n) is 1.46. The van der Waals surface area contributed by atoms with E-state index in [1.807, 2.05) is 0 Å². The molecule has 19 heavy (non-hydrogen) atoms. The SMILES string of the molecule is O=S(=O)(/C=C/c1ccoc1)Cc1ccc(Cl)cc1Cl. The third-order valence-electron chi connectivity index (χ3n) is 2.38. The molecule has 0 N–H and O–H groups in total. The molecular weight excluding hydrogens is 307 g/mol. The molecule has 0 saturated carbocycles. The van der Waals surface area contributed by atoms with E-state index in [4.69, 9.17) is 27.6 Å². The third kappa shape index (κ3) is 4.13. The number of furan rings is 1. The molecule has 0 aliphatic carbocycles. The highest BCUT2D eigenvalue weighted by Crippen LogP contribution is 2.23. The summed E-state index contributed by atoms with van der Waals surface area (Å²) in [5, 5.41) is 1.95. The number of hydrogen-bond acceptors (Lipinski definition) is 3. The Morgan fingerprint density at radius 1 is 1.21 bits per heavy atom. The van der Waals surface area contributed by atoms with Crippen LogP contribution in [0.2, 0.25) is 10.0 Å². The lowest BCUT2D eigenvalue weighted by Gasteiger charge is -2.03. The van der Waals surface area contributed by atoms with Crippen molar-refractivity contribution in [3.63, 3.8) is 0 Å². The molecular formula is C13H10Cl2O3S. The largest absolute Gasteiger partial charge is 0.472 e. The fraction of sp³-hybridized carbons (Fsp3) is 0.0769. The lowest BCUT2D eigenvalue weighted by atomic mass is 10.2. The summed E-state index contributed by atoms with van der Waals surface area (Å²) in [5.41, 5.74) is 1.20. The minimum atomic E-state index is -3.40. The molecule has 1 aromatic heterocycles. The van der Waals surface area contributed by atoms with Crippen molar-refractivity contribution >= 4 is 39.1 Å². The molecule has 6 heteroatoms. The van der Waals surface area contributed by atoms with Crippen LogP contribution in [0.15, 0.2) is 46.6 Å². The Bertz CT molecular complexity index is 689. The molecule has 0 aliphatic rings. The zero-order valence-corrected chi connectivity index (χ0v) is 12.0. The van der Waals surface area contributed by atoms with E-state index in [9.17, 15) is 8.42 Å². The lowest BCUT2D eigenvalue weighted by molar-refractivity contribution is 0.567. The topological polar surface area (TPSA) is 47.3 Å². The van der Waals surface area contributed by atoms with Gasteiger partial charge in [-0.15, -0.1) is 0 Å². The predicted molar refractivity (Wildman–Crippen MR) is 76.8 cm³/mol. The average molecular weight is 317 g/mol. The summed E-state index contributed by atoms with van der Waals surface area (Å²) >= 11 is 11.7. The van der Waals surface area contributed by atoms with Crippen molar-refractivity contribution in [3.05, 3.63) is 63.4 Å². The normalized spacial score (nSPS) is 12.1. The summed E-state index contributed by atoms with van der Waals surface area (Å²) in [7, 11) is -3.40. The number of hydrogen-bond donors (Lipinski definition) is 0. The second kappa shape index (κ2) is 5.82. The number of benzene rings is 1. The standard InChI is InChI=1S/C13H10Cl2O3S/c14-12-2-1-11(13(15)7-12)9-19(16,17)6-4-10-3-5-18-8-10/h1-8H,9H2/b6-4+. The second-order valence-corrected chi connectivity index (χ2v) is 6.63. The molecule has 0 fully saturated rings. The highest BCUT2D eigenvalue weighted by molar-refractivity contribution is 7.93. The Morgan fingerprint density at radius 3 is 2.63 bits per heavy atom. The van der Waals surface area contributed by atoms with Gasteiger partial charge in [0.1, 0.15) is 0 Å². The van der Waals surface area contributed by atoms with E-state index in [1.165, 1.54) is 24.7 Å². The Balaban J connectivity index is 2.17. The van der Waals surface area contributed by atoms with E-state index >= 15 is 0 Å². The van der Waals surface area contributed by atoms with Crippen LogP contribution in [-0.2, 0) is 15.6 Å². The number of halogens is 2. The first-order valence-corrected chi connectivity index (χ1v) is 7.80. The summed E-state index contributed by atoms with van der Waals surface area (Å²) in [4.78, 5) is 0. The zero-order chi connectivity index (χ0) is 13.9. The molecule has 0 spiro atoms. The minimum absolute atomic E-state index is 0.169. The van der Waals surface area contributed by atoms with E-state index in [0.29, 0.717) is 21.2 Å². The molecule has 0 unspecified atom stereocenters. The zero-order valence-electron chi connectivity index (χ0n) is 9.71. The van der Waals surface area contributed by atoms with Crippen LogP contribution >= 0.6 is 23.2 Å². The molecule has 0 amide bonds. The quantitative estimate of drug-likeness (QED) is 0.850. The van der Waals surface area contributed by atoms with Crippen LogP contribution in [0, 0.1) is 0 Å². The molecule has 0 radical (unpaired) electrons. The van der Waals surface area contributed by atoms with Gasteiger partial charge >= 0.3 is 0 Å². The maximum absolute atomic E-state index is 11.9. The molecule has 2 aromatic rings. The molecule has 1 heterocycles. The first-order valence-electron chi connectivity index (χ1n) is 5.33. The van der Waals surface area contributed by atoms with Crippen molar-refractivity contribution in [2.24, 2.45) is 0 Å². The van der Waals surface area contributed by atoms with Crippen molar-refractivity contribution in [2.45, 2.75) is 5.75 Å². The van der Waals surface area contributed by atoms with Gasteiger partial charge in [0, 0.05) is 21.0 Å². The van der Waals surface area contributed by atoms with Crippen LogP contribution in [0.3, 0.4) is 0 Å². The summed E-state index contributed by atoms with van der Waals surface area (Å²) in [6.45, 7) is 0. The Kier molecular flexibility index (Phi) is 4.34. The van der Waals surface area contributed by atoms with Crippen LogP contribution in [-0.4, -0.2) is 8.42 Å². The first-order chi connectivity index (χ1) is 8.96. The van der Waals surface area contributed by atoms with Gasteiger partial charge in [-0.25, -0.2) is 8.42 Å². The van der Waals surface area contributed by atoms with Crippen molar-refractivity contribution in [3.8, 4) is 0 Å². The first kappa shape index (κ1) is 14.2. The summed E-state index contributed by atoms with van der Waals surface area (Å²) in [6.07, 6.45) is 4.41. The van der Waals surface area contributed by atoms with Gasteiger partial charge in [-0.2, -0.15) is 0 Å². The molecule has 0 aliphatic heterocycles. The van der Waals surface area contributed by atoms with E-state index in [-0.39, 0.29) is 5.75 Å². The molecule has 100 valence electrons. The van der Waals surface area contributed by atoms with E-state index < -0.39 is 9.84 Å². The van der Waals surface area contributed by atoms with Gasteiger partial charge in [-0.05, 0) is 29.8 Å². The van der Waals surface area contributed by atoms with Gasteiger partial charge in [0.05, 0.1) is 18.3 Å². The minimum Gasteiger partial charge on any atom is -0.472 e. The Morgan fingerprint density at radius 2 is 2.00 bits per heavy atom. The van der Waals surface area contributed by atoms with Crippen LogP contribution in [0.5, 0.6) is 0 Å². The highest BCUT2D eigenvalue weighted by Gasteiger charge is 2.11. The molecule has 1 aromatic carbocycles. The summed E-state index contributed by atoms with van der Waals surface area (Å²) < 4.78 is 28.7. The molecule has 3 nitrogen and oxygen atoms in total. The van der Waals surface area contributed by atoms with Crippen molar-refractivity contribution in [1.29, 1.82) is 0 Å². The molecule has 0 atom stereocenters. The summed E-state index contributed by atoms with van der Waals surface area (Å²) in [6, 6.07) is 6.40. The van der Waals surface area contributed by atoms with Gasteiger partial charge in [-0.1, -0.05) is 29.3 Å². The molecule has 0 bridgehead atoms. The Labute approximate surface area is 121 Å². The highest BCUT2D eigenvalue weighted by atomic mass is 35.5. The van der Waals surface area contributed by atoms with E-state index in [2.05, 4.69) is 0 Å². The van der Waals surface area contributed by atoms with Crippen LogP contribution in [0.1, 0.15) is 11.1 Å². The van der Waals surface area contributed by atoms with Crippen molar-refractivity contribution < 1.29 is 12.8 Å². The van der Waals surface area contributed by atoms with E-state index in [1.54, 1.807) is 18.2 Å². The fourth-order valence-corrected chi connectivity index (χ4v) is 3.16. The molecule has 2 rings (SSSR count). The molecule has 0 saturated heterocycles.